The second kappa shape index (κ2) is 7.76. The fourth-order valence-electron chi connectivity index (χ4n) is 1.28. The van der Waals surface area contributed by atoms with Crippen molar-refractivity contribution >= 4 is 23.7 Å². The highest BCUT2D eigenvalue weighted by Crippen LogP contribution is 2.13. The molecule has 1 aromatic carbocycles. The Balaban J connectivity index is 2.12. The molecule has 0 fully saturated rings. The smallest absolute Gasteiger partial charge is 0.321 e. The molecule has 0 atom stereocenters. The second-order valence-electron chi connectivity index (χ2n) is 3.77. The number of carbonyl (C=O) groups excluding carboxylic acids is 2. The molecule has 0 saturated carbocycles. The van der Waals surface area contributed by atoms with Gasteiger partial charge in [-0.15, -0.1) is 0 Å². The van der Waals surface area contributed by atoms with E-state index in [9.17, 15) is 9.59 Å². The molecule has 3 amide bonds. The van der Waals surface area contributed by atoms with Gasteiger partial charge in [-0.1, -0.05) is 30.3 Å². The van der Waals surface area contributed by atoms with E-state index in [0.29, 0.717) is 6.42 Å². The summed E-state index contributed by atoms with van der Waals surface area (Å²) in [5.74, 6) is 1.42. The van der Waals surface area contributed by atoms with E-state index >= 15 is 0 Å². The first-order chi connectivity index (χ1) is 8.61. The average Bonchev–Trinajstić information content (AvgIpc) is 2.38. The Kier molecular flexibility index (Phi) is 6.28. The second-order valence-corrected chi connectivity index (χ2v) is 4.87. The van der Waals surface area contributed by atoms with Crippen molar-refractivity contribution in [3.8, 4) is 0 Å². The minimum absolute atomic E-state index is 0.345. The lowest BCUT2D eigenvalue weighted by Crippen LogP contribution is -2.37. The first-order valence-corrected chi connectivity index (χ1v) is 6.78. The molecule has 2 N–H and O–H groups in total. The molecule has 1 rings (SSSR count). The topological polar surface area (TPSA) is 63.4 Å². The van der Waals surface area contributed by atoms with Gasteiger partial charge in [-0.05, 0) is 17.7 Å². The molecular formula is C13H17N2O2S. The average molecular weight is 265 g/mol. The number of rotatable bonds is 6. The van der Waals surface area contributed by atoms with Gasteiger partial charge in [0.25, 0.3) is 0 Å². The summed E-state index contributed by atoms with van der Waals surface area (Å²) in [6.45, 7) is 0. The summed E-state index contributed by atoms with van der Waals surface area (Å²) in [6, 6.07) is 9.42. The van der Waals surface area contributed by atoms with E-state index in [-0.39, 0.29) is 5.91 Å². The lowest BCUT2D eigenvalue weighted by atomic mass is 10.2. The van der Waals surface area contributed by atoms with Gasteiger partial charge in [-0.25, -0.2) is 4.79 Å². The van der Waals surface area contributed by atoms with Crippen molar-refractivity contribution in [2.75, 3.05) is 12.8 Å². The van der Waals surface area contributed by atoms with Crippen molar-refractivity contribution < 1.29 is 9.59 Å². The van der Waals surface area contributed by atoms with E-state index in [1.54, 1.807) is 11.8 Å². The zero-order chi connectivity index (χ0) is 13.4. The largest absolute Gasteiger partial charge is 0.351 e. The standard InChI is InChI=1S/C13H17N2O2S/c1-15(13(14)17)12(16)8-5-9-18-10-11-6-3-2-4-7-11/h2-4,6-8H,5,9-10H2,1H3,(H2,14,17). The Morgan fingerprint density at radius 3 is 2.61 bits per heavy atom. The number of amides is 3. The van der Waals surface area contributed by atoms with Crippen molar-refractivity contribution in [1.82, 2.24) is 4.90 Å². The highest BCUT2D eigenvalue weighted by atomic mass is 32.2. The maximum absolute atomic E-state index is 11.4. The van der Waals surface area contributed by atoms with Crippen LogP contribution in [-0.4, -0.2) is 29.6 Å². The van der Waals surface area contributed by atoms with Gasteiger partial charge in [0.2, 0.25) is 5.91 Å². The molecule has 0 aromatic heterocycles. The van der Waals surface area contributed by atoms with Gasteiger partial charge in [0.05, 0.1) is 6.42 Å². The molecule has 0 aliphatic heterocycles. The van der Waals surface area contributed by atoms with Crippen LogP contribution in [0, 0.1) is 6.42 Å². The van der Waals surface area contributed by atoms with Gasteiger partial charge in [0.1, 0.15) is 0 Å². The number of imide groups is 1. The van der Waals surface area contributed by atoms with E-state index in [1.807, 2.05) is 18.2 Å². The molecule has 0 bridgehead atoms. The normalized spacial score (nSPS) is 10.1. The number of carbonyl (C=O) groups is 2. The van der Waals surface area contributed by atoms with E-state index in [4.69, 9.17) is 5.73 Å². The van der Waals surface area contributed by atoms with Crippen LogP contribution in [0.2, 0.25) is 0 Å². The molecule has 18 heavy (non-hydrogen) atoms. The monoisotopic (exact) mass is 265 g/mol. The predicted molar refractivity (Wildman–Crippen MR) is 73.9 cm³/mol. The van der Waals surface area contributed by atoms with Crippen LogP contribution in [-0.2, 0) is 10.5 Å². The number of nitrogens with two attached hydrogens (primary N) is 1. The molecule has 0 spiro atoms. The van der Waals surface area contributed by atoms with E-state index in [0.717, 1.165) is 16.4 Å². The Morgan fingerprint density at radius 2 is 2.00 bits per heavy atom. The predicted octanol–water partition coefficient (Wildman–Crippen LogP) is 2.05. The minimum atomic E-state index is -0.729. The van der Waals surface area contributed by atoms with E-state index in [1.165, 1.54) is 19.0 Å². The molecule has 97 valence electrons. The van der Waals surface area contributed by atoms with Crippen LogP contribution < -0.4 is 5.73 Å². The highest BCUT2D eigenvalue weighted by molar-refractivity contribution is 7.98. The minimum Gasteiger partial charge on any atom is -0.351 e. The number of primary amides is 1. The lowest BCUT2D eigenvalue weighted by molar-refractivity contribution is -0.123. The Hall–Kier alpha value is -1.49. The van der Waals surface area contributed by atoms with Gasteiger partial charge in [0.15, 0.2) is 0 Å². The number of hydrogen-bond donors (Lipinski definition) is 1. The number of thioether (sulfide) groups is 1. The first kappa shape index (κ1) is 14.6. The number of nitrogens with zero attached hydrogens (tertiary/aromatic N) is 1. The molecule has 0 aliphatic rings. The van der Waals surface area contributed by atoms with Crippen molar-refractivity contribution in [2.45, 2.75) is 12.2 Å². The van der Waals surface area contributed by atoms with Crippen molar-refractivity contribution in [3.05, 3.63) is 42.3 Å². The number of benzene rings is 1. The third-order valence-electron chi connectivity index (χ3n) is 2.35. The first-order valence-electron chi connectivity index (χ1n) is 5.63. The summed E-state index contributed by atoms with van der Waals surface area (Å²) in [4.78, 5) is 23.0. The van der Waals surface area contributed by atoms with Gasteiger partial charge in [0, 0.05) is 12.8 Å². The van der Waals surface area contributed by atoms with Crippen molar-refractivity contribution in [1.29, 1.82) is 0 Å². The van der Waals surface area contributed by atoms with Crippen LogP contribution in [0.5, 0.6) is 0 Å². The van der Waals surface area contributed by atoms with Crippen molar-refractivity contribution in [3.63, 3.8) is 0 Å². The van der Waals surface area contributed by atoms with Crippen LogP contribution in [0.1, 0.15) is 12.0 Å². The fraction of sp³-hybridized carbons (Fsp3) is 0.308. The summed E-state index contributed by atoms with van der Waals surface area (Å²) >= 11 is 1.75. The molecule has 1 aromatic rings. The molecular weight excluding hydrogens is 248 g/mol. The van der Waals surface area contributed by atoms with Crippen LogP contribution in [0.25, 0.3) is 0 Å². The van der Waals surface area contributed by atoms with Gasteiger partial charge < -0.3 is 5.73 Å². The van der Waals surface area contributed by atoms with Gasteiger partial charge in [-0.2, -0.15) is 11.8 Å². The molecule has 4 nitrogen and oxygen atoms in total. The third kappa shape index (κ3) is 5.23. The molecule has 0 aliphatic carbocycles. The summed E-state index contributed by atoms with van der Waals surface area (Å²) in [7, 11) is 1.37. The Bertz CT molecular complexity index is 395. The quantitative estimate of drug-likeness (QED) is 0.801. The number of urea groups is 1. The Morgan fingerprint density at radius 1 is 1.33 bits per heavy atom. The summed E-state index contributed by atoms with van der Waals surface area (Å²) < 4.78 is 0. The van der Waals surface area contributed by atoms with Crippen LogP contribution >= 0.6 is 11.8 Å². The molecule has 0 unspecified atom stereocenters. The van der Waals surface area contributed by atoms with Crippen molar-refractivity contribution in [2.24, 2.45) is 5.73 Å². The van der Waals surface area contributed by atoms with Crippen LogP contribution in [0.3, 0.4) is 0 Å². The lowest BCUT2D eigenvalue weighted by Gasteiger charge is -2.11. The zero-order valence-corrected chi connectivity index (χ0v) is 11.2. The maximum atomic E-state index is 11.4. The highest BCUT2D eigenvalue weighted by Gasteiger charge is 2.12. The molecule has 0 saturated heterocycles. The van der Waals surface area contributed by atoms with Gasteiger partial charge >= 0.3 is 6.03 Å². The molecule has 1 radical (unpaired) electrons. The molecule has 0 heterocycles. The van der Waals surface area contributed by atoms with Gasteiger partial charge in [-0.3, -0.25) is 9.69 Å². The summed E-state index contributed by atoms with van der Waals surface area (Å²) in [5.41, 5.74) is 6.25. The molecule has 5 heteroatoms. The summed E-state index contributed by atoms with van der Waals surface area (Å²) in [5, 5.41) is 0. The maximum Gasteiger partial charge on any atom is 0.321 e. The SMILES string of the molecule is CN(C(N)=O)C(=O)[CH]CCSCc1ccccc1. The fourth-order valence-corrected chi connectivity index (χ4v) is 2.13. The van der Waals surface area contributed by atoms with Crippen LogP contribution in [0.4, 0.5) is 4.79 Å². The number of hydrogen-bond acceptors (Lipinski definition) is 3. The van der Waals surface area contributed by atoms with E-state index < -0.39 is 6.03 Å². The Labute approximate surface area is 112 Å². The van der Waals surface area contributed by atoms with Crippen LogP contribution in [0.15, 0.2) is 30.3 Å². The van der Waals surface area contributed by atoms with E-state index in [2.05, 4.69) is 12.1 Å². The zero-order valence-electron chi connectivity index (χ0n) is 10.3. The summed E-state index contributed by atoms with van der Waals surface area (Å²) in [6.07, 6.45) is 2.12. The third-order valence-corrected chi connectivity index (χ3v) is 3.42.